The maximum absolute atomic E-state index is 5.76. The zero-order chi connectivity index (χ0) is 19.2. The lowest BCUT2D eigenvalue weighted by molar-refractivity contribution is -0.0889. The number of hydrogen-bond acceptors (Lipinski definition) is 7. The van der Waals surface area contributed by atoms with E-state index in [9.17, 15) is 0 Å². The number of rotatable bonds is 3. The van der Waals surface area contributed by atoms with E-state index in [0.717, 1.165) is 67.6 Å². The average molecular weight is 409 g/mol. The zero-order valence-electron chi connectivity index (χ0n) is 16.3. The molecule has 3 aromatic heterocycles. The quantitative estimate of drug-likeness (QED) is 0.656. The molecule has 0 unspecified atom stereocenters. The van der Waals surface area contributed by atoms with Gasteiger partial charge < -0.3 is 14.4 Å². The number of aromatic nitrogens is 3. The van der Waals surface area contributed by atoms with Crippen molar-refractivity contribution >= 4 is 27.4 Å². The molecule has 29 heavy (non-hydrogen) atoms. The van der Waals surface area contributed by atoms with Crippen molar-refractivity contribution in [1.29, 1.82) is 0 Å². The molecule has 0 radical (unpaired) electrons. The molecule has 3 aromatic rings. The first-order valence-electron chi connectivity index (χ1n) is 10.6. The number of thiophene rings is 1. The summed E-state index contributed by atoms with van der Waals surface area (Å²) in [4.78, 5) is 19.4. The van der Waals surface area contributed by atoms with Gasteiger partial charge in [0.15, 0.2) is 12.1 Å². The van der Waals surface area contributed by atoms with E-state index in [1.807, 2.05) is 29.7 Å². The third-order valence-corrected chi connectivity index (χ3v) is 7.52. The van der Waals surface area contributed by atoms with E-state index < -0.39 is 0 Å². The van der Waals surface area contributed by atoms with Crippen LogP contribution in [0.3, 0.4) is 0 Å². The molecule has 7 heteroatoms. The van der Waals surface area contributed by atoms with Crippen LogP contribution in [0, 0.1) is 5.92 Å². The Hall–Kier alpha value is -2.09. The van der Waals surface area contributed by atoms with Crippen molar-refractivity contribution in [3.8, 4) is 11.4 Å². The number of aryl methyl sites for hydroxylation is 2. The van der Waals surface area contributed by atoms with Crippen molar-refractivity contribution in [3.63, 3.8) is 0 Å². The summed E-state index contributed by atoms with van der Waals surface area (Å²) >= 11 is 1.86. The maximum Gasteiger partial charge on any atom is 0.164 e. The second-order valence-electron chi connectivity index (χ2n) is 8.08. The Morgan fingerprint density at radius 1 is 1.07 bits per heavy atom. The van der Waals surface area contributed by atoms with E-state index in [1.54, 1.807) is 6.20 Å². The molecular formula is C22H24N4O2S. The molecule has 6 rings (SSSR count). The molecule has 2 fully saturated rings. The van der Waals surface area contributed by atoms with Gasteiger partial charge in [0.2, 0.25) is 0 Å². The summed E-state index contributed by atoms with van der Waals surface area (Å²) in [7, 11) is 0. The second-order valence-corrected chi connectivity index (χ2v) is 9.17. The fourth-order valence-corrected chi connectivity index (χ4v) is 6.12. The third-order valence-electron chi connectivity index (χ3n) is 6.34. The van der Waals surface area contributed by atoms with Gasteiger partial charge in [-0.05, 0) is 49.8 Å². The van der Waals surface area contributed by atoms with Crippen LogP contribution in [0.5, 0.6) is 0 Å². The van der Waals surface area contributed by atoms with Gasteiger partial charge in [0.25, 0.3) is 0 Å². The van der Waals surface area contributed by atoms with Gasteiger partial charge in [-0.2, -0.15) is 0 Å². The van der Waals surface area contributed by atoms with Gasteiger partial charge in [-0.15, -0.1) is 11.3 Å². The number of nitrogens with zero attached hydrogens (tertiary/aromatic N) is 4. The SMILES string of the molecule is c1cncc(-c2nc(N3CCC(C4OCCO4)CC3)c3c4c(sc3n2)CCC4)c1. The Balaban J connectivity index is 1.38. The van der Waals surface area contributed by atoms with Crippen LogP contribution in [0.1, 0.15) is 29.7 Å². The van der Waals surface area contributed by atoms with Gasteiger partial charge in [0.05, 0.1) is 18.6 Å². The molecule has 6 nitrogen and oxygen atoms in total. The highest BCUT2D eigenvalue weighted by Gasteiger charge is 2.32. The van der Waals surface area contributed by atoms with Crippen LogP contribution < -0.4 is 4.90 Å². The van der Waals surface area contributed by atoms with Crippen molar-refractivity contribution < 1.29 is 9.47 Å². The number of piperidine rings is 1. The molecular weight excluding hydrogens is 384 g/mol. The number of pyridine rings is 1. The van der Waals surface area contributed by atoms with Crippen LogP contribution in [0.15, 0.2) is 24.5 Å². The minimum absolute atomic E-state index is 0.0149. The molecule has 150 valence electrons. The molecule has 0 aromatic carbocycles. The van der Waals surface area contributed by atoms with Gasteiger partial charge >= 0.3 is 0 Å². The van der Waals surface area contributed by atoms with E-state index in [2.05, 4.69) is 9.88 Å². The average Bonchev–Trinajstić information content (AvgIpc) is 3.51. The summed E-state index contributed by atoms with van der Waals surface area (Å²) < 4.78 is 11.5. The molecule has 0 amide bonds. The van der Waals surface area contributed by atoms with Crippen LogP contribution in [0.25, 0.3) is 21.6 Å². The molecule has 0 bridgehead atoms. The number of anilines is 1. The standard InChI is InChI=1S/C22H24N4O2S/c1-4-16-17(5-1)29-21-18(16)20(24-19(25-21)15-3-2-8-23-13-15)26-9-6-14(7-10-26)22-27-11-12-28-22/h2-3,8,13-14,22H,1,4-7,9-12H2. The summed E-state index contributed by atoms with van der Waals surface area (Å²) in [5.41, 5.74) is 2.47. The summed E-state index contributed by atoms with van der Waals surface area (Å²) in [6.07, 6.45) is 9.36. The van der Waals surface area contributed by atoms with Crippen LogP contribution >= 0.6 is 11.3 Å². The predicted octanol–water partition coefficient (Wildman–Crippen LogP) is 3.83. The predicted molar refractivity (Wildman–Crippen MR) is 113 cm³/mol. The van der Waals surface area contributed by atoms with Crippen LogP contribution in [0.2, 0.25) is 0 Å². The van der Waals surface area contributed by atoms with Gasteiger partial charge in [0.1, 0.15) is 10.6 Å². The highest BCUT2D eigenvalue weighted by molar-refractivity contribution is 7.19. The fourth-order valence-electron chi connectivity index (χ4n) is 4.86. The van der Waals surface area contributed by atoms with Gasteiger partial charge in [-0.25, -0.2) is 9.97 Å². The van der Waals surface area contributed by atoms with Crippen molar-refractivity contribution in [2.24, 2.45) is 5.92 Å². The molecule has 0 spiro atoms. The minimum atomic E-state index is -0.0149. The Labute approximate surface area is 173 Å². The lowest BCUT2D eigenvalue weighted by Crippen LogP contribution is -2.38. The normalized spacial score (nSPS) is 20.6. The van der Waals surface area contributed by atoms with Gasteiger partial charge in [-0.1, -0.05) is 0 Å². The first-order valence-corrected chi connectivity index (χ1v) is 11.4. The lowest BCUT2D eigenvalue weighted by atomic mass is 9.96. The molecule has 0 atom stereocenters. The third kappa shape index (κ3) is 3.12. The van der Waals surface area contributed by atoms with Crippen molar-refractivity contribution in [2.75, 3.05) is 31.2 Å². The Morgan fingerprint density at radius 2 is 1.93 bits per heavy atom. The van der Waals surface area contributed by atoms with Crippen LogP contribution in [-0.2, 0) is 22.3 Å². The molecule has 1 aliphatic carbocycles. The molecule has 2 saturated heterocycles. The molecule has 3 aliphatic rings. The number of ether oxygens (including phenoxy) is 2. The topological polar surface area (TPSA) is 60.4 Å². The Kier molecular flexibility index (Phi) is 4.47. The lowest BCUT2D eigenvalue weighted by Gasteiger charge is -2.35. The smallest absolute Gasteiger partial charge is 0.164 e. The first kappa shape index (κ1) is 17.7. The summed E-state index contributed by atoms with van der Waals surface area (Å²) in [5, 5.41) is 1.29. The van der Waals surface area contributed by atoms with Crippen LogP contribution in [0.4, 0.5) is 5.82 Å². The zero-order valence-corrected chi connectivity index (χ0v) is 17.2. The maximum atomic E-state index is 5.76. The molecule has 2 aliphatic heterocycles. The minimum Gasteiger partial charge on any atom is -0.356 e. The van der Waals surface area contributed by atoms with E-state index in [4.69, 9.17) is 19.4 Å². The molecule has 5 heterocycles. The summed E-state index contributed by atoms with van der Waals surface area (Å²) in [5.74, 6) is 2.38. The Bertz CT molecular complexity index is 1020. The van der Waals surface area contributed by atoms with Crippen LogP contribution in [-0.4, -0.2) is 47.5 Å². The highest BCUT2D eigenvalue weighted by Crippen LogP contribution is 2.42. The Morgan fingerprint density at radius 3 is 2.72 bits per heavy atom. The highest BCUT2D eigenvalue weighted by atomic mass is 32.1. The van der Waals surface area contributed by atoms with E-state index >= 15 is 0 Å². The first-order chi connectivity index (χ1) is 14.4. The summed E-state index contributed by atoms with van der Waals surface area (Å²) in [6, 6.07) is 3.99. The molecule has 0 N–H and O–H groups in total. The van der Waals surface area contributed by atoms with Gasteiger partial charge in [-0.3, -0.25) is 4.98 Å². The largest absolute Gasteiger partial charge is 0.356 e. The second kappa shape index (κ2) is 7.31. The fraction of sp³-hybridized carbons (Fsp3) is 0.500. The van der Waals surface area contributed by atoms with Gasteiger partial charge in [0, 0.05) is 41.8 Å². The number of hydrogen-bond donors (Lipinski definition) is 0. The monoisotopic (exact) mass is 408 g/mol. The van der Waals surface area contributed by atoms with E-state index in [0.29, 0.717) is 5.92 Å². The number of fused-ring (bicyclic) bond motifs is 3. The van der Waals surface area contributed by atoms with Crippen molar-refractivity contribution in [2.45, 2.75) is 38.4 Å². The van der Waals surface area contributed by atoms with E-state index in [1.165, 1.54) is 28.7 Å². The molecule has 0 saturated carbocycles. The van der Waals surface area contributed by atoms with E-state index in [-0.39, 0.29) is 6.29 Å². The van der Waals surface area contributed by atoms with Crippen molar-refractivity contribution in [1.82, 2.24) is 15.0 Å². The van der Waals surface area contributed by atoms with Crippen molar-refractivity contribution in [3.05, 3.63) is 35.0 Å². The summed E-state index contributed by atoms with van der Waals surface area (Å²) in [6.45, 7) is 3.42.